The van der Waals surface area contributed by atoms with Crippen LogP contribution in [0.5, 0.6) is 0 Å². The molecule has 39 heavy (non-hydrogen) atoms. The van der Waals surface area contributed by atoms with E-state index in [2.05, 4.69) is 33.5 Å². The van der Waals surface area contributed by atoms with Crippen molar-refractivity contribution in [3.05, 3.63) is 108 Å². The van der Waals surface area contributed by atoms with E-state index in [1.165, 1.54) is 5.56 Å². The highest BCUT2D eigenvalue weighted by Gasteiger charge is 2.40. The lowest BCUT2D eigenvalue weighted by molar-refractivity contribution is -0.118. The van der Waals surface area contributed by atoms with Gasteiger partial charge >= 0.3 is 0 Å². The molecule has 2 fully saturated rings. The van der Waals surface area contributed by atoms with E-state index in [-0.39, 0.29) is 17.9 Å². The van der Waals surface area contributed by atoms with Crippen molar-refractivity contribution in [1.82, 2.24) is 15.3 Å². The quantitative estimate of drug-likeness (QED) is 0.368. The normalized spacial score (nSPS) is 19.5. The number of carbonyl (C=O) groups excluding carboxylic acids is 2. The Morgan fingerprint density at radius 1 is 0.949 bits per heavy atom. The molecule has 3 aliphatic rings. The van der Waals surface area contributed by atoms with E-state index >= 15 is 0 Å². The molecular formula is C33H28N4O2. The summed E-state index contributed by atoms with van der Waals surface area (Å²) in [7, 11) is 0. The summed E-state index contributed by atoms with van der Waals surface area (Å²) < 4.78 is 0. The minimum atomic E-state index is -0.00849. The number of hydrogen-bond donors (Lipinski definition) is 1. The second-order valence-electron chi connectivity index (χ2n) is 10.6. The molecule has 6 nitrogen and oxygen atoms in total. The van der Waals surface area contributed by atoms with E-state index in [0.29, 0.717) is 18.8 Å². The highest BCUT2D eigenvalue weighted by atomic mass is 16.2. The Morgan fingerprint density at radius 2 is 1.77 bits per heavy atom. The molecule has 2 aromatic heterocycles. The van der Waals surface area contributed by atoms with Crippen LogP contribution in [-0.4, -0.2) is 34.4 Å². The predicted molar refractivity (Wildman–Crippen MR) is 152 cm³/mol. The Morgan fingerprint density at radius 3 is 2.56 bits per heavy atom. The first-order valence-corrected chi connectivity index (χ1v) is 13.5. The van der Waals surface area contributed by atoms with Crippen LogP contribution in [0.2, 0.25) is 0 Å². The van der Waals surface area contributed by atoms with E-state index in [4.69, 9.17) is 0 Å². The van der Waals surface area contributed by atoms with E-state index in [1.807, 2.05) is 78.1 Å². The summed E-state index contributed by atoms with van der Waals surface area (Å²) in [4.78, 5) is 36.2. The molecule has 1 N–H and O–H groups in total. The van der Waals surface area contributed by atoms with Crippen molar-refractivity contribution < 1.29 is 9.59 Å². The number of fused-ring (bicyclic) bond motifs is 1. The van der Waals surface area contributed by atoms with Crippen molar-refractivity contribution in [2.75, 3.05) is 11.4 Å². The lowest BCUT2D eigenvalue weighted by Crippen LogP contribution is -2.28. The Labute approximate surface area is 227 Å². The molecule has 1 saturated heterocycles. The maximum absolute atomic E-state index is 13.1. The topological polar surface area (TPSA) is 75.2 Å². The molecule has 6 heteroatoms. The predicted octanol–water partition coefficient (Wildman–Crippen LogP) is 5.55. The molecule has 2 aromatic carbocycles. The number of pyridine rings is 2. The SMILES string of the molecule is O=C(NC1CC1c1ccccc1)C1=Cc2c(-c3cncc(-c4ccc(N5CCCC5=O)cc4)c3)ccnc2C1. The van der Waals surface area contributed by atoms with Gasteiger partial charge in [-0.1, -0.05) is 42.5 Å². The van der Waals surface area contributed by atoms with Crippen molar-refractivity contribution in [1.29, 1.82) is 0 Å². The number of hydrogen-bond acceptors (Lipinski definition) is 4. The van der Waals surface area contributed by atoms with Crippen LogP contribution in [0.25, 0.3) is 28.3 Å². The summed E-state index contributed by atoms with van der Waals surface area (Å²) in [5.41, 5.74) is 8.91. The molecule has 2 amide bonds. The molecule has 1 saturated carbocycles. The Kier molecular flexibility index (Phi) is 5.81. The van der Waals surface area contributed by atoms with Gasteiger partial charge in [0.15, 0.2) is 0 Å². The van der Waals surface area contributed by atoms with Gasteiger partial charge in [0, 0.05) is 77.9 Å². The molecule has 7 rings (SSSR count). The summed E-state index contributed by atoms with van der Waals surface area (Å²) in [6, 6.07) is 22.8. The zero-order valence-electron chi connectivity index (χ0n) is 21.5. The number of rotatable bonds is 6. The third-order valence-corrected chi connectivity index (χ3v) is 8.01. The van der Waals surface area contributed by atoms with Crippen LogP contribution in [-0.2, 0) is 16.0 Å². The van der Waals surface area contributed by atoms with Gasteiger partial charge in [-0.15, -0.1) is 0 Å². The number of carbonyl (C=O) groups is 2. The summed E-state index contributed by atoms with van der Waals surface area (Å²) >= 11 is 0. The van der Waals surface area contributed by atoms with Crippen LogP contribution in [0.3, 0.4) is 0 Å². The zero-order chi connectivity index (χ0) is 26.3. The number of nitrogens with one attached hydrogen (secondary N) is 1. The fourth-order valence-electron chi connectivity index (χ4n) is 5.81. The second-order valence-corrected chi connectivity index (χ2v) is 10.6. The Hall–Kier alpha value is -4.58. The number of aromatic nitrogens is 2. The van der Waals surface area contributed by atoms with Crippen LogP contribution in [0.4, 0.5) is 5.69 Å². The largest absolute Gasteiger partial charge is 0.349 e. The van der Waals surface area contributed by atoms with Crippen LogP contribution in [0.1, 0.15) is 42.0 Å². The fourth-order valence-corrected chi connectivity index (χ4v) is 5.81. The minimum absolute atomic E-state index is 0.00849. The molecule has 2 aliphatic carbocycles. The van der Waals surface area contributed by atoms with E-state index in [9.17, 15) is 9.59 Å². The first kappa shape index (κ1) is 23.5. The molecular weight excluding hydrogens is 484 g/mol. The Balaban J connectivity index is 1.10. The number of amides is 2. The van der Waals surface area contributed by atoms with Crippen LogP contribution in [0, 0.1) is 0 Å². The van der Waals surface area contributed by atoms with Crippen LogP contribution >= 0.6 is 0 Å². The lowest BCUT2D eigenvalue weighted by atomic mass is 9.98. The van der Waals surface area contributed by atoms with Crippen LogP contribution in [0.15, 0.2) is 90.9 Å². The monoisotopic (exact) mass is 512 g/mol. The van der Waals surface area contributed by atoms with Gasteiger partial charge in [0.05, 0.1) is 5.69 Å². The summed E-state index contributed by atoms with van der Waals surface area (Å²) in [5.74, 6) is 0.574. The number of benzene rings is 2. The van der Waals surface area contributed by atoms with E-state index in [1.54, 1.807) is 0 Å². The fraction of sp³-hybridized carbons (Fsp3) is 0.212. The van der Waals surface area contributed by atoms with Crippen molar-refractivity contribution in [3.8, 4) is 22.3 Å². The highest BCUT2D eigenvalue weighted by molar-refractivity contribution is 6.02. The molecule has 0 radical (unpaired) electrons. The third kappa shape index (κ3) is 4.52. The maximum Gasteiger partial charge on any atom is 0.247 e. The second kappa shape index (κ2) is 9.62. The average molecular weight is 513 g/mol. The first-order valence-electron chi connectivity index (χ1n) is 13.5. The molecule has 192 valence electrons. The molecule has 2 atom stereocenters. The average Bonchev–Trinajstić information content (AvgIpc) is 3.37. The summed E-state index contributed by atoms with van der Waals surface area (Å²) in [6.07, 6.45) is 10.6. The smallest absolute Gasteiger partial charge is 0.247 e. The van der Waals surface area contributed by atoms with Crippen molar-refractivity contribution in [2.45, 2.75) is 37.6 Å². The molecule has 4 aromatic rings. The van der Waals surface area contributed by atoms with Crippen molar-refractivity contribution >= 4 is 23.6 Å². The van der Waals surface area contributed by atoms with E-state index in [0.717, 1.165) is 64.2 Å². The standard InChI is InChI=1S/C33H28N4O2/c38-32-7-4-14-37(32)26-10-8-21(9-11-26)24-15-25(20-34-19-24)27-12-13-35-30-17-23(16-29(27)30)33(39)36-31-18-28(31)22-5-2-1-3-6-22/h1-3,5-6,8-13,15-16,19-20,28,31H,4,7,14,17-18H2,(H,36,39). The number of anilines is 1. The number of nitrogens with zero attached hydrogens (tertiary/aromatic N) is 3. The zero-order valence-corrected chi connectivity index (χ0v) is 21.5. The van der Waals surface area contributed by atoms with Gasteiger partial charge in [-0.3, -0.25) is 19.6 Å². The summed E-state index contributed by atoms with van der Waals surface area (Å²) in [5, 5.41) is 3.22. The molecule has 3 heterocycles. The van der Waals surface area contributed by atoms with Gasteiger partial charge in [-0.25, -0.2) is 0 Å². The van der Waals surface area contributed by atoms with Gasteiger partial charge in [-0.05, 0) is 59.9 Å². The first-order chi connectivity index (χ1) is 19.1. The van der Waals surface area contributed by atoms with Crippen LogP contribution < -0.4 is 10.2 Å². The van der Waals surface area contributed by atoms with Crippen molar-refractivity contribution in [3.63, 3.8) is 0 Å². The van der Waals surface area contributed by atoms with E-state index < -0.39 is 0 Å². The Bertz CT molecular complexity index is 1610. The molecule has 0 spiro atoms. The van der Waals surface area contributed by atoms with Gasteiger partial charge in [-0.2, -0.15) is 0 Å². The van der Waals surface area contributed by atoms with Gasteiger partial charge < -0.3 is 10.2 Å². The summed E-state index contributed by atoms with van der Waals surface area (Å²) in [6.45, 7) is 0.782. The maximum atomic E-state index is 13.1. The lowest BCUT2D eigenvalue weighted by Gasteiger charge is -2.16. The third-order valence-electron chi connectivity index (χ3n) is 8.01. The molecule has 2 unspecified atom stereocenters. The van der Waals surface area contributed by atoms with Crippen molar-refractivity contribution in [2.24, 2.45) is 0 Å². The molecule has 1 aliphatic heterocycles. The highest BCUT2D eigenvalue weighted by Crippen LogP contribution is 2.41. The van der Waals surface area contributed by atoms with Gasteiger partial charge in [0.1, 0.15) is 0 Å². The van der Waals surface area contributed by atoms with Gasteiger partial charge in [0.25, 0.3) is 0 Å². The molecule has 0 bridgehead atoms. The van der Waals surface area contributed by atoms with Gasteiger partial charge in [0.2, 0.25) is 11.8 Å². The minimum Gasteiger partial charge on any atom is -0.349 e.